The molecule has 122 valence electrons. The van der Waals surface area contributed by atoms with Gasteiger partial charge in [0, 0.05) is 6.54 Å². The van der Waals surface area contributed by atoms with Gasteiger partial charge in [-0.15, -0.1) is 0 Å². The molecular weight excluding hydrogens is 312 g/mol. The van der Waals surface area contributed by atoms with Crippen LogP contribution in [-0.4, -0.2) is 22.5 Å². The number of carbonyl (C=O) groups is 1. The lowest BCUT2D eigenvalue weighted by atomic mass is 10.1. The summed E-state index contributed by atoms with van der Waals surface area (Å²) in [5.74, 6) is 0.396. The van der Waals surface area contributed by atoms with Crippen LogP contribution in [0.3, 0.4) is 0 Å². The molecule has 0 unspecified atom stereocenters. The first-order valence-electron chi connectivity index (χ1n) is 7.27. The van der Waals surface area contributed by atoms with Crippen LogP contribution in [0.1, 0.15) is 22.6 Å². The van der Waals surface area contributed by atoms with Crippen molar-refractivity contribution in [3.8, 4) is 0 Å². The molecule has 0 amide bonds. The highest BCUT2D eigenvalue weighted by Crippen LogP contribution is 2.13. The Morgan fingerprint density at radius 1 is 1.17 bits per heavy atom. The van der Waals surface area contributed by atoms with Gasteiger partial charge in [-0.1, -0.05) is 29.8 Å². The van der Waals surface area contributed by atoms with Crippen LogP contribution in [0.25, 0.3) is 0 Å². The van der Waals surface area contributed by atoms with Crippen molar-refractivity contribution >= 4 is 23.3 Å². The first-order chi connectivity index (χ1) is 10.9. The Kier molecular flexibility index (Phi) is 5.76. The molecule has 0 aliphatic heterocycles. The minimum Gasteiger partial charge on any atom is -0.548 e. The smallest absolute Gasteiger partial charge is 0.169 e. The molecule has 0 saturated heterocycles. The Labute approximate surface area is 140 Å². The van der Waals surface area contributed by atoms with E-state index in [1.165, 1.54) is 5.56 Å². The summed E-state index contributed by atoms with van der Waals surface area (Å²) in [7, 11) is 0. The van der Waals surface area contributed by atoms with Crippen LogP contribution < -0.4 is 10.4 Å². The van der Waals surface area contributed by atoms with Crippen molar-refractivity contribution in [3.05, 3.63) is 59.0 Å². The minimum atomic E-state index is -1.20. The predicted octanol–water partition coefficient (Wildman–Crippen LogP) is 1.52. The molecule has 0 bridgehead atoms. The highest BCUT2D eigenvalue weighted by molar-refractivity contribution is 7.80. The molecule has 1 heterocycles. The van der Waals surface area contributed by atoms with Crippen LogP contribution in [0.15, 0.2) is 40.8 Å². The molecule has 6 heteroatoms. The average Bonchev–Trinajstić information content (AvgIpc) is 2.91. The number of aryl methyl sites for hydroxylation is 2. The standard InChI is InChI=1S/C17H20N2O3S/c1-12-3-6-14(7-4-12)10-19(17(23)18-9-16(20)21)11-15-8-5-13(2)22-15/h3-8H,9-11H2,1-2H3,(H,18,23)(H,20,21)/p-1. The van der Waals surface area contributed by atoms with Gasteiger partial charge in [0.05, 0.1) is 19.1 Å². The van der Waals surface area contributed by atoms with E-state index in [0.717, 1.165) is 17.1 Å². The Morgan fingerprint density at radius 3 is 2.43 bits per heavy atom. The number of carboxylic acid groups (broad SMARTS) is 1. The fourth-order valence-electron chi connectivity index (χ4n) is 2.13. The minimum absolute atomic E-state index is 0.319. The SMILES string of the molecule is Cc1ccc(CN(Cc2ccc(C)o2)C(=S)NCC(=O)[O-])cc1. The third kappa shape index (κ3) is 5.41. The summed E-state index contributed by atoms with van der Waals surface area (Å²) in [6.45, 7) is 4.60. The number of rotatable bonds is 6. The zero-order valence-corrected chi connectivity index (χ0v) is 14.0. The van der Waals surface area contributed by atoms with E-state index in [-0.39, 0.29) is 6.54 Å². The van der Waals surface area contributed by atoms with Crippen LogP contribution in [-0.2, 0) is 17.9 Å². The van der Waals surface area contributed by atoms with Crippen molar-refractivity contribution < 1.29 is 14.3 Å². The Hall–Kier alpha value is -2.34. The molecule has 0 fully saturated rings. The van der Waals surface area contributed by atoms with Gasteiger partial charge in [-0.25, -0.2) is 0 Å². The molecule has 5 nitrogen and oxygen atoms in total. The number of benzene rings is 1. The van der Waals surface area contributed by atoms with E-state index in [1.54, 1.807) is 0 Å². The van der Waals surface area contributed by atoms with Gasteiger partial charge >= 0.3 is 0 Å². The summed E-state index contributed by atoms with van der Waals surface area (Å²) in [6.07, 6.45) is 0. The lowest BCUT2D eigenvalue weighted by molar-refractivity contribution is -0.303. The lowest BCUT2D eigenvalue weighted by Gasteiger charge is -2.25. The average molecular weight is 331 g/mol. The predicted molar refractivity (Wildman–Crippen MR) is 89.5 cm³/mol. The maximum atomic E-state index is 10.6. The second-order valence-corrected chi connectivity index (χ2v) is 5.77. The van der Waals surface area contributed by atoms with Crippen LogP contribution in [0.4, 0.5) is 0 Å². The number of aliphatic carboxylic acids is 1. The Bertz CT molecular complexity index is 679. The monoisotopic (exact) mass is 331 g/mol. The molecule has 0 saturated carbocycles. The summed E-state index contributed by atoms with van der Waals surface area (Å²) in [5, 5.41) is 13.7. The van der Waals surface area contributed by atoms with Gasteiger partial charge in [0.15, 0.2) is 5.11 Å². The number of hydrogen-bond donors (Lipinski definition) is 1. The molecule has 1 aromatic carbocycles. The van der Waals surface area contributed by atoms with Crippen LogP contribution in [0, 0.1) is 13.8 Å². The van der Waals surface area contributed by atoms with Crippen molar-refractivity contribution in [1.82, 2.24) is 10.2 Å². The summed E-state index contributed by atoms with van der Waals surface area (Å²) >= 11 is 5.31. The zero-order chi connectivity index (χ0) is 16.8. The fraction of sp³-hybridized carbons (Fsp3) is 0.294. The van der Waals surface area contributed by atoms with Gasteiger partial charge in [0.2, 0.25) is 0 Å². The quantitative estimate of drug-likeness (QED) is 0.810. The second kappa shape index (κ2) is 7.78. The van der Waals surface area contributed by atoms with Gasteiger partial charge in [-0.3, -0.25) is 0 Å². The molecule has 1 aromatic heterocycles. The van der Waals surface area contributed by atoms with Crippen LogP contribution >= 0.6 is 12.2 Å². The third-order valence-corrected chi connectivity index (χ3v) is 3.71. The van der Waals surface area contributed by atoms with Gasteiger partial charge in [0.1, 0.15) is 11.5 Å². The van der Waals surface area contributed by atoms with Gasteiger partial charge in [0.25, 0.3) is 0 Å². The summed E-state index contributed by atoms with van der Waals surface area (Å²) in [4.78, 5) is 12.5. The molecular formula is C17H19N2O3S-. The molecule has 1 N–H and O–H groups in total. The first kappa shape index (κ1) is 17.0. The maximum Gasteiger partial charge on any atom is 0.169 e. The molecule has 0 aliphatic carbocycles. The molecule has 0 radical (unpaired) electrons. The van der Waals surface area contributed by atoms with Crippen LogP contribution in [0.2, 0.25) is 0 Å². The number of nitrogens with zero attached hydrogens (tertiary/aromatic N) is 1. The highest BCUT2D eigenvalue weighted by atomic mass is 32.1. The van der Waals surface area contributed by atoms with E-state index in [2.05, 4.69) is 5.32 Å². The third-order valence-electron chi connectivity index (χ3n) is 3.31. The number of furan rings is 1. The van der Waals surface area contributed by atoms with E-state index in [0.29, 0.717) is 18.2 Å². The van der Waals surface area contributed by atoms with Crippen molar-refractivity contribution in [3.63, 3.8) is 0 Å². The van der Waals surface area contributed by atoms with E-state index in [4.69, 9.17) is 16.6 Å². The number of nitrogens with one attached hydrogen (secondary N) is 1. The van der Waals surface area contributed by atoms with Gasteiger partial charge < -0.3 is 24.5 Å². The van der Waals surface area contributed by atoms with Crippen molar-refractivity contribution in [2.24, 2.45) is 0 Å². The molecule has 0 spiro atoms. The van der Waals surface area contributed by atoms with E-state index >= 15 is 0 Å². The second-order valence-electron chi connectivity index (χ2n) is 5.38. The molecule has 2 aromatic rings. The molecule has 0 aliphatic rings. The number of hydrogen-bond acceptors (Lipinski definition) is 4. The van der Waals surface area contributed by atoms with Gasteiger partial charge in [-0.2, -0.15) is 0 Å². The fourth-order valence-corrected chi connectivity index (χ4v) is 2.33. The number of thiocarbonyl (C=S) groups is 1. The highest BCUT2D eigenvalue weighted by Gasteiger charge is 2.13. The summed E-state index contributed by atoms with van der Waals surface area (Å²) in [6, 6.07) is 11.9. The largest absolute Gasteiger partial charge is 0.548 e. The number of carboxylic acids is 1. The van der Waals surface area contributed by atoms with E-state index < -0.39 is 5.97 Å². The molecule has 2 rings (SSSR count). The topological polar surface area (TPSA) is 68.5 Å². The summed E-state index contributed by atoms with van der Waals surface area (Å²) in [5.41, 5.74) is 2.26. The molecule has 0 atom stereocenters. The van der Waals surface area contributed by atoms with E-state index in [9.17, 15) is 9.90 Å². The number of carbonyl (C=O) groups excluding carboxylic acids is 1. The molecule has 23 heavy (non-hydrogen) atoms. The van der Waals surface area contributed by atoms with Crippen molar-refractivity contribution in [1.29, 1.82) is 0 Å². The zero-order valence-electron chi connectivity index (χ0n) is 13.2. The van der Waals surface area contributed by atoms with E-state index in [1.807, 2.05) is 55.1 Å². The maximum absolute atomic E-state index is 10.6. The Balaban J connectivity index is 2.10. The van der Waals surface area contributed by atoms with Crippen molar-refractivity contribution in [2.45, 2.75) is 26.9 Å². The normalized spacial score (nSPS) is 10.3. The van der Waals surface area contributed by atoms with Gasteiger partial charge in [-0.05, 0) is 43.8 Å². The summed E-state index contributed by atoms with van der Waals surface area (Å²) < 4.78 is 5.59. The first-order valence-corrected chi connectivity index (χ1v) is 7.68. The lowest BCUT2D eigenvalue weighted by Crippen LogP contribution is -2.44. The van der Waals surface area contributed by atoms with Crippen LogP contribution in [0.5, 0.6) is 0 Å². The Morgan fingerprint density at radius 2 is 1.87 bits per heavy atom. The van der Waals surface area contributed by atoms with Crippen molar-refractivity contribution in [2.75, 3.05) is 6.54 Å².